The fourth-order valence-electron chi connectivity index (χ4n) is 1.19. The van der Waals surface area contributed by atoms with E-state index in [1.165, 1.54) is 0 Å². The lowest BCUT2D eigenvalue weighted by molar-refractivity contribution is -0.119. The van der Waals surface area contributed by atoms with Crippen molar-refractivity contribution in [1.82, 2.24) is 5.32 Å². The monoisotopic (exact) mass is 245 g/mol. The third-order valence-corrected chi connectivity index (χ3v) is 3.04. The first-order valence-electron chi connectivity index (χ1n) is 4.69. The SMILES string of the molecule is CNC(C)C(=O)Cc1c(Cl)cccc1Cl. The third-order valence-electron chi connectivity index (χ3n) is 2.33. The Morgan fingerprint density at radius 2 is 1.93 bits per heavy atom. The molecule has 0 aliphatic heterocycles. The van der Waals surface area contributed by atoms with Gasteiger partial charge in [-0.3, -0.25) is 4.79 Å². The average molecular weight is 246 g/mol. The Morgan fingerprint density at radius 1 is 1.40 bits per heavy atom. The van der Waals surface area contributed by atoms with Crippen molar-refractivity contribution in [2.75, 3.05) is 7.05 Å². The van der Waals surface area contributed by atoms with E-state index in [0.29, 0.717) is 15.6 Å². The maximum atomic E-state index is 11.7. The lowest BCUT2D eigenvalue weighted by Crippen LogP contribution is -2.32. The molecule has 0 saturated heterocycles. The first-order valence-corrected chi connectivity index (χ1v) is 5.44. The van der Waals surface area contributed by atoms with Gasteiger partial charge in [0.05, 0.1) is 6.04 Å². The van der Waals surface area contributed by atoms with Gasteiger partial charge < -0.3 is 5.32 Å². The predicted molar refractivity (Wildman–Crippen MR) is 63.7 cm³/mol. The van der Waals surface area contributed by atoms with Gasteiger partial charge in [-0.05, 0) is 31.7 Å². The zero-order valence-electron chi connectivity index (χ0n) is 8.68. The molecule has 0 amide bonds. The fourth-order valence-corrected chi connectivity index (χ4v) is 1.72. The molecule has 1 rings (SSSR count). The summed E-state index contributed by atoms with van der Waals surface area (Å²) in [6.07, 6.45) is 0.264. The fraction of sp³-hybridized carbons (Fsp3) is 0.364. The quantitative estimate of drug-likeness (QED) is 0.884. The zero-order chi connectivity index (χ0) is 11.4. The second kappa shape index (κ2) is 5.50. The van der Waals surface area contributed by atoms with Crippen LogP contribution in [0, 0.1) is 0 Å². The average Bonchev–Trinajstić information content (AvgIpc) is 2.22. The van der Waals surface area contributed by atoms with Gasteiger partial charge in [-0.2, -0.15) is 0 Å². The van der Waals surface area contributed by atoms with E-state index in [1.54, 1.807) is 25.2 Å². The minimum Gasteiger partial charge on any atom is -0.311 e. The molecule has 4 heteroatoms. The molecule has 0 fully saturated rings. The summed E-state index contributed by atoms with van der Waals surface area (Å²) < 4.78 is 0. The molecule has 2 nitrogen and oxygen atoms in total. The standard InChI is InChI=1S/C11H13Cl2NO/c1-7(14-2)11(15)6-8-9(12)4-3-5-10(8)13/h3-5,7,14H,6H2,1-2H3. The van der Waals surface area contributed by atoms with Crippen molar-refractivity contribution in [1.29, 1.82) is 0 Å². The summed E-state index contributed by atoms with van der Waals surface area (Å²) in [5, 5.41) is 3.97. The molecule has 1 unspecified atom stereocenters. The summed E-state index contributed by atoms with van der Waals surface area (Å²) in [4.78, 5) is 11.7. The number of nitrogens with one attached hydrogen (secondary N) is 1. The minimum absolute atomic E-state index is 0.0764. The predicted octanol–water partition coefficient (Wildman–Crippen LogP) is 2.71. The molecule has 0 aliphatic carbocycles. The molecule has 0 bridgehead atoms. The Kier molecular flexibility index (Phi) is 4.58. The van der Waals surface area contributed by atoms with Gasteiger partial charge in [0.15, 0.2) is 5.78 Å². The molecule has 82 valence electrons. The van der Waals surface area contributed by atoms with Gasteiger partial charge in [0.1, 0.15) is 0 Å². The molecule has 0 aliphatic rings. The largest absolute Gasteiger partial charge is 0.311 e. The Hall–Kier alpha value is -0.570. The molecule has 1 N–H and O–H groups in total. The number of ketones is 1. The van der Waals surface area contributed by atoms with Crippen molar-refractivity contribution >= 4 is 29.0 Å². The number of likely N-dealkylation sites (N-methyl/N-ethyl adjacent to an activating group) is 1. The molecule has 15 heavy (non-hydrogen) atoms. The molecule has 0 aromatic heterocycles. The van der Waals surface area contributed by atoms with Crippen molar-refractivity contribution < 1.29 is 4.79 Å². The normalized spacial score (nSPS) is 12.5. The molecular weight excluding hydrogens is 233 g/mol. The van der Waals surface area contributed by atoms with Crippen LogP contribution < -0.4 is 5.32 Å². The highest BCUT2D eigenvalue weighted by Gasteiger charge is 2.14. The van der Waals surface area contributed by atoms with Crippen molar-refractivity contribution in [2.24, 2.45) is 0 Å². The van der Waals surface area contributed by atoms with E-state index in [-0.39, 0.29) is 18.2 Å². The van der Waals surface area contributed by atoms with Gasteiger partial charge in [0.25, 0.3) is 0 Å². The van der Waals surface area contributed by atoms with E-state index in [4.69, 9.17) is 23.2 Å². The van der Waals surface area contributed by atoms with Crippen LogP contribution in [-0.4, -0.2) is 18.9 Å². The lowest BCUT2D eigenvalue weighted by Gasteiger charge is -2.10. The van der Waals surface area contributed by atoms with E-state index in [0.717, 1.165) is 0 Å². The molecular formula is C11H13Cl2NO. The topological polar surface area (TPSA) is 29.1 Å². The number of halogens is 2. The summed E-state index contributed by atoms with van der Waals surface area (Å²) in [6.45, 7) is 1.81. The molecule has 0 heterocycles. The molecule has 1 atom stereocenters. The number of carbonyl (C=O) groups is 1. The summed E-state index contributed by atoms with van der Waals surface area (Å²) >= 11 is 11.9. The van der Waals surface area contributed by atoms with Crippen LogP contribution in [-0.2, 0) is 11.2 Å². The van der Waals surface area contributed by atoms with Crippen molar-refractivity contribution in [3.8, 4) is 0 Å². The Morgan fingerprint density at radius 3 is 2.40 bits per heavy atom. The van der Waals surface area contributed by atoms with Gasteiger partial charge in [0, 0.05) is 16.5 Å². The van der Waals surface area contributed by atoms with Crippen LogP contribution in [0.15, 0.2) is 18.2 Å². The van der Waals surface area contributed by atoms with Gasteiger partial charge in [-0.25, -0.2) is 0 Å². The highest BCUT2D eigenvalue weighted by molar-refractivity contribution is 6.36. The van der Waals surface area contributed by atoms with Crippen molar-refractivity contribution in [2.45, 2.75) is 19.4 Å². The second-order valence-electron chi connectivity index (χ2n) is 3.35. The Balaban J connectivity index is 2.85. The maximum absolute atomic E-state index is 11.7. The first kappa shape index (κ1) is 12.5. The molecule has 1 aromatic rings. The van der Waals surface area contributed by atoms with Crippen molar-refractivity contribution in [3.05, 3.63) is 33.8 Å². The number of carbonyl (C=O) groups excluding carboxylic acids is 1. The Bertz CT molecular complexity index is 345. The summed E-state index contributed by atoms with van der Waals surface area (Å²) in [7, 11) is 1.75. The number of rotatable bonds is 4. The van der Waals surface area contributed by atoms with E-state index < -0.39 is 0 Å². The highest BCUT2D eigenvalue weighted by Crippen LogP contribution is 2.24. The Labute approximate surface area is 99.6 Å². The maximum Gasteiger partial charge on any atom is 0.153 e. The number of hydrogen-bond donors (Lipinski definition) is 1. The third kappa shape index (κ3) is 3.20. The summed E-state index contributed by atoms with van der Waals surface area (Å²) in [6, 6.07) is 5.05. The number of Topliss-reactive ketones (excluding diaryl/α,β-unsaturated/α-hetero) is 1. The van der Waals surface area contributed by atoms with Crippen LogP contribution in [0.1, 0.15) is 12.5 Å². The van der Waals surface area contributed by atoms with Crippen LogP contribution in [0.2, 0.25) is 10.0 Å². The van der Waals surface area contributed by atoms with Crippen LogP contribution in [0.3, 0.4) is 0 Å². The van der Waals surface area contributed by atoms with Gasteiger partial charge in [0.2, 0.25) is 0 Å². The van der Waals surface area contributed by atoms with Crippen LogP contribution in [0.5, 0.6) is 0 Å². The van der Waals surface area contributed by atoms with Gasteiger partial charge in [-0.1, -0.05) is 29.3 Å². The second-order valence-corrected chi connectivity index (χ2v) is 4.17. The van der Waals surface area contributed by atoms with E-state index >= 15 is 0 Å². The van der Waals surface area contributed by atoms with E-state index in [9.17, 15) is 4.79 Å². The van der Waals surface area contributed by atoms with Crippen LogP contribution in [0.25, 0.3) is 0 Å². The van der Waals surface area contributed by atoms with Gasteiger partial charge in [-0.15, -0.1) is 0 Å². The van der Waals surface area contributed by atoms with Crippen molar-refractivity contribution in [3.63, 3.8) is 0 Å². The molecule has 0 saturated carbocycles. The van der Waals surface area contributed by atoms with E-state index in [2.05, 4.69) is 5.32 Å². The summed E-state index contributed by atoms with van der Waals surface area (Å²) in [5.74, 6) is 0.0764. The summed E-state index contributed by atoms with van der Waals surface area (Å²) in [5.41, 5.74) is 0.702. The van der Waals surface area contributed by atoms with Gasteiger partial charge >= 0.3 is 0 Å². The smallest absolute Gasteiger partial charge is 0.153 e. The number of benzene rings is 1. The van der Waals surface area contributed by atoms with E-state index in [1.807, 2.05) is 6.92 Å². The number of hydrogen-bond acceptors (Lipinski definition) is 2. The molecule has 0 spiro atoms. The van der Waals surface area contributed by atoms with Crippen LogP contribution >= 0.6 is 23.2 Å². The lowest BCUT2D eigenvalue weighted by atomic mass is 10.0. The highest BCUT2D eigenvalue weighted by atomic mass is 35.5. The zero-order valence-corrected chi connectivity index (χ0v) is 10.2. The molecule has 0 radical (unpaired) electrons. The minimum atomic E-state index is -0.183. The first-order chi connectivity index (χ1) is 7.06. The van der Waals surface area contributed by atoms with Crippen LogP contribution in [0.4, 0.5) is 0 Å². The molecule has 1 aromatic carbocycles.